The summed E-state index contributed by atoms with van der Waals surface area (Å²) in [7, 11) is -3.11. The van der Waals surface area contributed by atoms with Gasteiger partial charge in [0.15, 0.2) is 9.84 Å². The molecule has 0 unspecified atom stereocenters. The molecule has 0 N–H and O–H groups in total. The number of allylic oxidation sites excluding steroid dienone is 1. The van der Waals surface area contributed by atoms with E-state index in [1.54, 1.807) is 19.9 Å². The lowest BCUT2D eigenvalue weighted by atomic mass is 10.0. The summed E-state index contributed by atoms with van der Waals surface area (Å²) in [6.07, 6.45) is 0.436. The average Bonchev–Trinajstić information content (AvgIpc) is 3.25. The van der Waals surface area contributed by atoms with Crippen molar-refractivity contribution in [3.8, 4) is 0 Å². The van der Waals surface area contributed by atoms with Crippen LogP contribution in [0.4, 0.5) is 19.3 Å². The maximum absolute atomic E-state index is 14.7. The van der Waals surface area contributed by atoms with Crippen LogP contribution in [0.5, 0.6) is 0 Å². The highest BCUT2D eigenvalue weighted by molar-refractivity contribution is 7.91. The fourth-order valence-electron chi connectivity index (χ4n) is 3.66. The van der Waals surface area contributed by atoms with Gasteiger partial charge in [-0.15, -0.1) is 5.10 Å². The average molecular weight is 452 g/mol. The van der Waals surface area contributed by atoms with E-state index >= 15 is 0 Å². The first kappa shape index (κ1) is 21.4. The van der Waals surface area contributed by atoms with Crippen molar-refractivity contribution in [2.45, 2.75) is 38.8 Å². The summed E-state index contributed by atoms with van der Waals surface area (Å²) < 4.78 is 58.6. The van der Waals surface area contributed by atoms with E-state index in [4.69, 9.17) is 4.74 Å². The topological polar surface area (TPSA) is 94.4 Å². The van der Waals surface area contributed by atoms with Crippen molar-refractivity contribution in [3.05, 3.63) is 47.3 Å². The Balaban J connectivity index is 1.48. The number of rotatable bonds is 5. The van der Waals surface area contributed by atoms with E-state index in [1.807, 2.05) is 0 Å². The van der Waals surface area contributed by atoms with Gasteiger partial charge in [0.25, 0.3) is 0 Å². The summed E-state index contributed by atoms with van der Waals surface area (Å²) in [6, 6.07) is 4.33. The fourth-order valence-corrected chi connectivity index (χ4v) is 4.81. The minimum Gasteiger partial charge on any atom is -0.442 e. The molecule has 1 amide bonds. The van der Waals surface area contributed by atoms with Gasteiger partial charge in [-0.25, -0.2) is 22.3 Å². The number of aromatic nitrogens is 3. The summed E-state index contributed by atoms with van der Waals surface area (Å²) in [5.74, 6) is -1.37. The van der Waals surface area contributed by atoms with Crippen molar-refractivity contribution in [1.82, 2.24) is 15.0 Å². The van der Waals surface area contributed by atoms with Gasteiger partial charge in [0, 0.05) is 11.5 Å². The third kappa shape index (κ3) is 4.32. The van der Waals surface area contributed by atoms with Crippen LogP contribution < -0.4 is 4.90 Å². The first-order valence-electron chi connectivity index (χ1n) is 9.91. The lowest BCUT2D eigenvalue weighted by Crippen LogP contribution is -2.26. The standard InChI is InChI=1S/C20H22F2N4O4S/c1-12(2)18-19(22)26(24-23-18)11-15-10-25(20(27)30-15)14-3-4-16(17(21)9-14)13-5-7-31(28,29)8-6-13/h3-5,9,12,15H,6-8,10-11H2,1-2H3/t15-/m1/s1. The lowest BCUT2D eigenvalue weighted by Gasteiger charge is -2.17. The number of hydrogen-bond acceptors (Lipinski definition) is 6. The number of ether oxygens (including phenoxy) is 1. The van der Waals surface area contributed by atoms with Gasteiger partial charge in [-0.3, -0.25) is 4.90 Å². The van der Waals surface area contributed by atoms with E-state index in [0.717, 1.165) is 4.68 Å². The third-order valence-electron chi connectivity index (χ3n) is 5.37. The molecule has 1 aromatic carbocycles. The van der Waals surface area contributed by atoms with Gasteiger partial charge in [0.05, 0.1) is 30.3 Å². The predicted octanol–water partition coefficient (Wildman–Crippen LogP) is 2.91. The van der Waals surface area contributed by atoms with Gasteiger partial charge in [0.2, 0.25) is 5.95 Å². The van der Waals surface area contributed by atoms with E-state index in [2.05, 4.69) is 10.3 Å². The second-order valence-corrected chi connectivity index (χ2v) is 10.2. The number of carbonyl (C=O) groups is 1. The largest absolute Gasteiger partial charge is 0.442 e. The molecule has 8 nitrogen and oxygen atoms in total. The molecule has 1 aromatic heterocycles. The van der Waals surface area contributed by atoms with E-state index < -0.39 is 33.8 Å². The minimum absolute atomic E-state index is 0.00425. The molecule has 1 atom stereocenters. The number of amides is 1. The van der Waals surface area contributed by atoms with Crippen molar-refractivity contribution in [2.75, 3.05) is 23.0 Å². The van der Waals surface area contributed by atoms with Gasteiger partial charge < -0.3 is 4.74 Å². The van der Waals surface area contributed by atoms with E-state index in [9.17, 15) is 22.0 Å². The molecule has 1 saturated heterocycles. The Labute approximate surface area is 178 Å². The molecule has 0 bridgehead atoms. The first-order chi connectivity index (χ1) is 14.6. The van der Waals surface area contributed by atoms with Crippen molar-refractivity contribution < 1.29 is 26.7 Å². The summed E-state index contributed by atoms with van der Waals surface area (Å²) in [4.78, 5) is 13.6. The molecule has 11 heteroatoms. The van der Waals surface area contributed by atoms with Gasteiger partial charge in [0.1, 0.15) is 17.6 Å². The summed E-state index contributed by atoms with van der Waals surface area (Å²) in [5, 5.41) is 7.60. The smallest absolute Gasteiger partial charge is 0.414 e. The summed E-state index contributed by atoms with van der Waals surface area (Å²) in [6.45, 7) is 3.70. The first-order valence-corrected chi connectivity index (χ1v) is 11.7. The van der Waals surface area contributed by atoms with Crippen LogP contribution in [0.25, 0.3) is 5.57 Å². The highest BCUT2D eigenvalue weighted by Gasteiger charge is 2.34. The molecule has 31 heavy (non-hydrogen) atoms. The Kier molecular flexibility index (Phi) is 5.54. The number of benzene rings is 1. The van der Waals surface area contributed by atoms with Crippen molar-refractivity contribution in [1.29, 1.82) is 0 Å². The van der Waals surface area contributed by atoms with Crippen LogP contribution in [-0.2, 0) is 21.1 Å². The van der Waals surface area contributed by atoms with Gasteiger partial charge in [-0.1, -0.05) is 25.1 Å². The SMILES string of the molecule is CC(C)c1nnn(C[C@H]2CN(c3ccc(C4=CCS(=O)(=O)CC4)c(F)c3)C(=O)O2)c1F. The molecular formula is C20H22F2N4O4S. The van der Waals surface area contributed by atoms with E-state index in [1.165, 1.54) is 23.1 Å². The van der Waals surface area contributed by atoms with Gasteiger partial charge in [-0.2, -0.15) is 4.39 Å². The molecule has 2 aromatic rings. The van der Waals surface area contributed by atoms with Crippen LogP contribution in [0.1, 0.15) is 37.4 Å². The summed E-state index contributed by atoms with van der Waals surface area (Å²) in [5.41, 5.74) is 1.49. The molecule has 0 radical (unpaired) electrons. The number of hydrogen-bond donors (Lipinski definition) is 0. The zero-order chi connectivity index (χ0) is 22.3. The number of cyclic esters (lactones) is 1. The molecule has 0 aliphatic carbocycles. The Morgan fingerprint density at radius 1 is 1.29 bits per heavy atom. The zero-order valence-corrected chi connectivity index (χ0v) is 17.9. The maximum atomic E-state index is 14.7. The number of nitrogens with zero attached hydrogens (tertiary/aromatic N) is 4. The highest BCUT2D eigenvalue weighted by Crippen LogP contribution is 2.30. The van der Waals surface area contributed by atoms with Crippen molar-refractivity contribution in [3.63, 3.8) is 0 Å². The Morgan fingerprint density at radius 3 is 2.68 bits per heavy atom. The second kappa shape index (κ2) is 8.03. The van der Waals surface area contributed by atoms with Gasteiger partial charge >= 0.3 is 6.09 Å². The van der Waals surface area contributed by atoms with E-state index in [0.29, 0.717) is 16.8 Å². The summed E-state index contributed by atoms with van der Waals surface area (Å²) >= 11 is 0. The molecule has 166 valence electrons. The molecular weight excluding hydrogens is 430 g/mol. The van der Waals surface area contributed by atoms with Crippen LogP contribution >= 0.6 is 0 Å². The zero-order valence-electron chi connectivity index (χ0n) is 17.1. The molecule has 2 aliphatic heterocycles. The monoisotopic (exact) mass is 452 g/mol. The van der Waals surface area contributed by atoms with Crippen molar-refractivity contribution >= 4 is 27.2 Å². The van der Waals surface area contributed by atoms with Crippen LogP contribution in [0.15, 0.2) is 24.3 Å². The molecule has 0 spiro atoms. The number of anilines is 1. The van der Waals surface area contributed by atoms with Gasteiger partial charge in [-0.05, 0) is 30.2 Å². The predicted molar refractivity (Wildman–Crippen MR) is 109 cm³/mol. The molecule has 1 fully saturated rings. The highest BCUT2D eigenvalue weighted by atomic mass is 32.2. The van der Waals surface area contributed by atoms with Crippen LogP contribution in [-0.4, -0.2) is 53.7 Å². The minimum atomic E-state index is -3.11. The Morgan fingerprint density at radius 2 is 2.06 bits per heavy atom. The van der Waals surface area contributed by atoms with Crippen molar-refractivity contribution in [2.24, 2.45) is 0 Å². The molecule has 4 rings (SSSR count). The Bertz CT molecular complexity index is 1160. The van der Waals surface area contributed by atoms with Crippen LogP contribution in [0.2, 0.25) is 0 Å². The maximum Gasteiger partial charge on any atom is 0.414 e. The third-order valence-corrected chi connectivity index (χ3v) is 6.87. The normalized spacial score (nSPS) is 20.8. The molecule has 0 saturated carbocycles. The second-order valence-electron chi connectivity index (χ2n) is 7.98. The molecule has 3 heterocycles. The lowest BCUT2D eigenvalue weighted by molar-refractivity contribution is 0.126. The number of carbonyl (C=O) groups excluding carboxylic acids is 1. The van der Waals surface area contributed by atoms with Crippen LogP contribution in [0, 0.1) is 11.8 Å². The fraction of sp³-hybridized carbons (Fsp3) is 0.450. The molecule has 2 aliphatic rings. The van der Waals surface area contributed by atoms with E-state index in [-0.39, 0.29) is 42.6 Å². The Hall–Kier alpha value is -2.82. The number of halogens is 2. The van der Waals surface area contributed by atoms with Crippen LogP contribution in [0.3, 0.4) is 0 Å². The number of sulfone groups is 1. The quantitative estimate of drug-likeness (QED) is 0.693.